The Balaban J connectivity index is 2.02. The molecule has 1 aromatic heterocycles. The first-order valence-electron chi connectivity index (χ1n) is 8.22. The molecule has 0 aliphatic carbocycles. The number of benzene rings is 2. The van der Waals surface area contributed by atoms with Crippen molar-refractivity contribution in [2.75, 3.05) is 6.61 Å². The van der Waals surface area contributed by atoms with Gasteiger partial charge in [0, 0.05) is 11.8 Å². The van der Waals surface area contributed by atoms with Crippen LogP contribution in [0.4, 0.5) is 0 Å². The van der Waals surface area contributed by atoms with Crippen molar-refractivity contribution in [1.82, 2.24) is 10.2 Å². The molecule has 0 aliphatic rings. The molecule has 0 unspecified atom stereocenters. The SMILES string of the molecule is CCOc1ccc(/C=C(/Sc2nnc(CC)o2)C(=O)O)c2ccccc12. The van der Waals surface area contributed by atoms with Crippen LogP contribution in [-0.2, 0) is 11.2 Å². The second-order valence-electron chi connectivity index (χ2n) is 5.36. The summed E-state index contributed by atoms with van der Waals surface area (Å²) in [6, 6.07) is 11.4. The molecule has 2 aromatic carbocycles. The molecule has 26 heavy (non-hydrogen) atoms. The van der Waals surface area contributed by atoms with Crippen molar-refractivity contribution < 1.29 is 19.1 Å². The summed E-state index contributed by atoms with van der Waals surface area (Å²) in [5.74, 6) is 0.197. The minimum Gasteiger partial charge on any atom is -0.493 e. The van der Waals surface area contributed by atoms with Gasteiger partial charge in [-0.05, 0) is 41.8 Å². The number of carboxylic acid groups (broad SMARTS) is 1. The van der Waals surface area contributed by atoms with E-state index in [1.54, 1.807) is 6.08 Å². The van der Waals surface area contributed by atoms with E-state index in [0.717, 1.165) is 33.8 Å². The number of rotatable bonds is 7. The first kappa shape index (κ1) is 18.0. The summed E-state index contributed by atoms with van der Waals surface area (Å²) < 4.78 is 11.1. The minimum absolute atomic E-state index is 0.102. The Morgan fingerprint density at radius 1 is 1.19 bits per heavy atom. The molecule has 1 N–H and O–H groups in total. The van der Waals surface area contributed by atoms with Crippen molar-refractivity contribution >= 4 is 34.6 Å². The number of carboxylic acids is 1. The zero-order valence-corrected chi connectivity index (χ0v) is 15.2. The molecular weight excluding hydrogens is 352 g/mol. The van der Waals surface area contributed by atoms with Crippen molar-refractivity contribution in [2.45, 2.75) is 25.5 Å². The lowest BCUT2D eigenvalue weighted by atomic mass is 10.0. The molecule has 7 heteroatoms. The van der Waals surface area contributed by atoms with Gasteiger partial charge in [0.1, 0.15) is 10.7 Å². The number of hydrogen-bond acceptors (Lipinski definition) is 6. The zero-order chi connectivity index (χ0) is 18.5. The molecule has 0 fully saturated rings. The third-order valence-electron chi connectivity index (χ3n) is 3.66. The average molecular weight is 370 g/mol. The molecule has 0 amide bonds. The van der Waals surface area contributed by atoms with Crippen LogP contribution in [0.5, 0.6) is 5.75 Å². The highest BCUT2D eigenvalue weighted by Crippen LogP contribution is 2.33. The standard InChI is InChI=1S/C19H18N2O4S/c1-3-17-20-21-19(25-17)26-16(18(22)23)11-12-9-10-15(24-4-2)14-8-6-5-7-13(12)14/h5-11H,3-4H2,1-2H3,(H,22,23)/b16-11+. The first-order valence-corrected chi connectivity index (χ1v) is 9.03. The lowest BCUT2D eigenvalue weighted by Crippen LogP contribution is -1.97. The van der Waals surface area contributed by atoms with Gasteiger partial charge in [0.25, 0.3) is 5.22 Å². The van der Waals surface area contributed by atoms with Crippen molar-refractivity contribution in [3.63, 3.8) is 0 Å². The van der Waals surface area contributed by atoms with E-state index in [4.69, 9.17) is 9.15 Å². The van der Waals surface area contributed by atoms with Gasteiger partial charge < -0.3 is 14.3 Å². The summed E-state index contributed by atoms with van der Waals surface area (Å²) >= 11 is 0.941. The molecule has 6 nitrogen and oxygen atoms in total. The van der Waals surface area contributed by atoms with Crippen molar-refractivity contribution in [2.24, 2.45) is 0 Å². The fraction of sp³-hybridized carbons (Fsp3) is 0.211. The Morgan fingerprint density at radius 2 is 1.96 bits per heavy atom. The fourth-order valence-electron chi connectivity index (χ4n) is 2.49. The Labute approximate surface area is 154 Å². The molecule has 3 aromatic rings. The number of fused-ring (bicyclic) bond motifs is 1. The molecule has 0 saturated heterocycles. The number of ether oxygens (including phenoxy) is 1. The van der Waals surface area contributed by atoms with Crippen LogP contribution in [0.25, 0.3) is 16.8 Å². The van der Waals surface area contributed by atoms with Gasteiger partial charge in [-0.1, -0.05) is 37.3 Å². The number of thioether (sulfide) groups is 1. The van der Waals surface area contributed by atoms with Gasteiger partial charge >= 0.3 is 5.97 Å². The summed E-state index contributed by atoms with van der Waals surface area (Å²) in [6.07, 6.45) is 2.21. The number of aliphatic carboxylic acids is 1. The van der Waals surface area contributed by atoms with E-state index in [1.165, 1.54) is 0 Å². The van der Waals surface area contributed by atoms with Crippen LogP contribution in [0, 0.1) is 0 Å². The number of nitrogens with zero attached hydrogens (tertiary/aromatic N) is 2. The van der Waals surface area contributed by atoms with E-state index < -0.39 is 5.97 Å². The average Bonchev–Trinajstić information content (AvgIpc) is 3.11. The Morgan fingerprint density at radius 3 is 2.62 bits per heavy atom. The predicted molar refractivity (Wildman–Crippen MR) is 100 cm³/mol. The third-order valence-corrected chi connectivity index (χ3v) is 4.52. The molecule has 134 valence electrons. The fourth-order valence-corrected chi connectivity index (χ4v) is 3.18. The van der Waals surface area contributed by atoms with Crippen LogP contribution in [0.2, 0.25) is 0 Å². The van der Waals surface area contributed by atoms with Crippen LogP contribution in [0.3, 0.4) is 0 Å². The molecular formula is C19H18N2O4S. The second-order valence-corrected chi connectivity index (χ2v) is 6.36. The van der Waals surface area contributed by atoms with Gasteiger partial charge in [0.2, 0.25) is 5.89 Å². The van der Waals surface area contributed by atoms with E-state index in [2.05, 4.69) is 10.2 Å². The molecule has 1 heterocycles. The first-order chi connectivity index (χ1) is 12.6. The van der Waals surface area contributed by atoms with Crippen LogP contribution in [0.1, 0.15) is 25.3 Å². The molecule has 3 rings (SSSR count). The molecule has 0 atom stereocenters. The number of aryl methyl sites for hydroxylation is 1. The molecule has 0 aliphatic heterocycles. The Kier molecular flexibility index (Phi) is 5.58. The number of hydrogen-bond donors (Lipinski definition) is 1. The number of carbonyl (C=O) groups is 1. The van der Waals surface area contributed by atoms with E-state index >= 15 is 0 Å². The Bertz CT molecular complexity index is 965. The Hall–Kier alpha value is -2.80. The highest BCUT2D eigenvalue weighted by Gasteiger charge is 2.16. The summed E-state index contributed by atoms with van der Waals surface area (Å²) in [7, 11) is 0. The van der Waals surface area contributed by atoms with Gasteiger partial charge in [0.05, 0.1) is 6.61 Å². The third kappa shape index (κ3) is 3.88. The van der Waals surface area contributed by atoms with Gasteiger partial charge in [-0.3, -0.25) is 0 Å². The van der Waals surface area contributed by atoms with Gasteiger partial charge in [-0.2, -0.15) is 0 Å². The maximum absolute atomic E-state index is 11.7. The quantitative estimate of drug-likeness (QED) is 0.487. The lowest BCUT2D eigenvalue weighted by molar-refractivity contribution is -0.131. The van der Waals surface area contributed by atoms with Crippen LogP contribution in [-0.4, -0.2) is 27.9 Å². The van der Waals surface area contributed by atoms with Crippen molar-refractivity contribution in [3.05, 3.63) is 52.8 Å². The van der Waals surface area contributed by atoms with E-state index in [-0.39, 0.29) is 10.1 Å². The van der Waals surface area contributed by atoms with Crippen molar-refractivity contribution in [3.8, 4) is 5.75 Å². The van der Waals surface area contributed by atoms with E-state index in [1.807, 2.05) is 50.2 Å². The van der Waals surface area contributed by atoms with Crippen molar-refractivity contribution in [1.29, 1.82) is 0 Å². The minimum atomic E-state index is -1.05. The summed E-state index contributed by atoms with van der Waals surface area (Å²) in [4.78, 5) is 11.8. The molecule has 0 radical (unpaired) electrons. The van der Waals surface area contributed by atoms with Gasteiger partial charge in [-0.25, -0.2) is 4.79 Å². The molecule has 0 saturated carbocycles. The largest absolute Gasteiger partial charge is 0.493 e. The van der Waals surface area contributed by atoms with Crippen LogP contribution >= 0.6 is 11.8 Å². The molecule has 0 bridgehead atoms. The van der Waals surface area contributed by atoms with Crippen LogP contribution < -0.4 is 4.74 Å². The highest BCUT2D eigenvalue weighted by atomic mass is 32.2. The monoisotopic (exact) mass is 370 g/mol. The topological polar surface area (TPSA) is 85.5 Å². The van der Waals surface area contributed by atoms with E-state index in [0.29, 0.717) is 18.9 Å². The smallest absolute Gasteiger partial charge is 0.342 e. The zero-order valence-electron chi connectivity index (χ0n) is 14.4. The maximum atomic E-state index is 11.7. The van der Waals surface area contributed by atoms with E-state index in [9.17, 15) is 9.90 Å². The van der Waals surface area contributed by atoms with Crippen LogP contribution in [0.15, 0.2) is 50.9 Å². The predicted octanol–water partition coefficient (Wildman–Crippen LogP) is 4.40. The lowest BCUT2D eigenvalue weighted by Gasteiger charge is -2.10. The highest BCUT2D eigenvalue weighted by molar-refractivity contribution is 8.03. The maximum Gasteiger partial charge on any atom is 0.342 e. The van der Waals surface area contributed by atoms with Gasteiger partial charge in [-0.15, -0.1) is 10.2 Å². The second kappa shape index (κ2) is 8.05. The summed E-state index contributed by atoms with van der Waals surface area (Å²) in [5.41, 5.74) is 0.782. The summed E-state index contributed by atoms with van der Waals surface area (Å²) in [5, 5.41) is 19.4. The number of aromatic nitrogens is 2. The molecule has 0 spiro atoms. The van der Waals surface area contributed by atoms with Gasteiger partial charge in [0.15, 0.2) is 0 Å². The normalized spacial score (nSPS) is 11.7. The summed E-state index contributed by atoms with van der Waals surface area (Å²) in [6.45, 7) is 4.38.